The second kappa shape index (κ2) is 17.6. The zero-order valence-corrected chi connectivity index (χ0v) is 41.6. The van der Waals surface area contributed by atoms with Gasteiger partial charge < -0.3 is 14.4 Å². The van der Waals surface area contributed by atoms with Crippen LogP contribution in [0.2, 0.25) is 0 Å². The van der Waals surface area contributed by atoms with Crippen molar-refractivity contribution in [3.8, 4) is 16.9 Å². The number of rotatable bonds is 10. The third-order valence-corrected chi connectivity index (χ3v) is 14.3. The number of nitrogens with zero attached hydrogens (tertiary/aromatic N) is 4. The first-order valence-electron chi connectivity index (χ1n) is 23.3. The molecule has 1 aliphatic heterocycles. The first-order chi connectivity index (χ1) is 32.5. The number of anilines is 4. The van der Waals surface area contributed by atoms with E-state index < -0.39 is 5.41 Å². The van der Waals surface area contributed by atoms with E-state index in [1.165, 1.54) is 27.6 Å². The topological polar surface area (TPSA) is 24.3 Å². The van der Waals surface area contributed by atoms with E-state index in [-0.39, 0.29) is 31.9 Å². The van der Waals surface area contributed by atoms with Crippen molar-refractivity contribution < 1.29 is 21.1 Å². The molecule has 0 radical (unpaired) electrons. The molecule has 0 saturated heterocycles. The summed E-state index contributed by atoms with van der Waals surface area (Å²) < 4.78 is 2.24. The summed E-state index contributed by atoms with van der Waals surface area (Å²) in [5.41, 5.74) is 14.9. The number of hydrogen-bond donors (Lipinski definition) is 0. The molecule has 8 aromatic carbocycles. The normalized spacial score (nSPS) is 12.9. The van der Waals surface area contributed by atoms with Crippen molar-refractivity contribution in [2.24, 2.45) is 0 Å². The molecule has 0 saturated carbocycles. The van der Waals surface area contributed by atoms with E-state index in [0.717, 1.165) is 67.2 Å². The fourth-order valence-corrected chi connectivity index (χ4v) is 9.97. The monoisotopic (exact) mass is 1060 g/mol. The molecule has 5 heteroatoms. The number of fused-ring (bicyclic) bond motifs is 4. The first kappa shape index (κ1) is 44.8. The van der Waals surface area contributed by atoms with E-state index in [4.69, 9.17) is 4.98 Å². The summed E-state index contributed by atoms with van der Waals surface area (Å²) in [5, 5.41) is 2.33. The van der Waals surface area contributed by atoms with Gasteiger partial charge in [-0.2, -0.15) is 41.5 Å². The maximum absolute atomic E-state index is 4.80. The van der Waals surface area contributed by atoms with Crippen LogP contribution in [0.5, 0.6) is 0 Å². The molecular formula is C63H53N4Pt-3. The summed E-state index contributed by atoms with van der Waals surface area (Å²) in [4.78, 5) is 9.50. The van der Waals surface area contributed by atoms with Crippen molar-refractivity contribution in [3.05, 3.63) is 259 Å². The van der Waals surface area contributed by atoms with Gasteiger partial charge in [-0.25, -0.2) is 4.98 Å². The second-order valence-electron chi connectivity index (χ2n) is 19.4. The number of aromatic nitrogens is 2. The van der Waals surface area contributed by atoms with Crippen molar-refractivity contribution in [3.63, 3.8) is 0 Å². The standard InChI is InChI=1S/C63H53N4.Pt/c1-61(2,46-24-12-8-13-25-46)50-38-51(62(3,4)47-26-14-9-15-27-47)41-53(40-50)66-43-65(57-30-18-19-31-58(57)66)52-37-45(44-22-10-7-11-23-44)36-49(39-52)63(5,6)48-33-34-55-54-28-16-17-29-56(54)67(59(55)42-48)60-32-20-21-35-64-60;/h7-38,40-41,43H,1-6H3;/q-3;. The van der Waals surface area contributed by atoms with Crippen molar-refractivity contribution >= 4 is 44.6 Å². The third kappa shape index (κ3) is 7.75. The molecule has 1 aliphatic rings. The van der Waals surface area contributed by atoms with E-state index >= 15 is 0 Å². The molecule has 0 unspecified atom stereocenters. The van der Waals surface area contributed by atoms with Crippen molar-refractivity contribution in [2.45, 2.75) is 57.8 Å². The van der Waals surface area contributed by atoms with Crippen LogP contribution in [0.15, 0.2) is 206 Å². The predicted molar refractivity (Wildman–Crippen MR) is 279 cm³/mol. The summed E-state index contributed by atoms with van der Waals surface area (Å²) in [5.74, 6) is 0.873. The summed E-state index contributed by atoms with van der Waals surface area (Å²) in [6.45, 7) is 16.2. The fraction of sp³-hybridized carbons (Fsp3) is 0.143. The summed E-state index contributed by atoms with van der Waals surface area (Å²) in [6.07, 6.45) is 1.86. The van der Waals surface area contributed by atoms with E-state index in [2.05, 4.69) is 263 Å². The summed E-state index contributed by atoms with van der Waals surface area (Å²) in [6, 6.07) is 80.2. The van der Waals surface area contributed by atoms with E-state index in [9.17, 15) is 0 Å². The van der Waals surface area contributed by atoms with Gasteiger partial charge in [0.1, 0.15) is 5.82 Å². The Labute approximate surface area is 415 Å². The van der Waals surface area contributed by atoms with Crippen molar-refractivity contribution in [1.82, 2.24) is 9.55 Å². The molecule has 0 fully saturated rings. The second-order valence-corrected chi connectivity index (χ2v) is 19.4. The van der Waals surface area contributed by atoms with Gasteiger partial charge in [0, 0.05) is 60.7 Å². The minimum absolute atomic E-state index is 0. The van der Waals surface area contributed by atoms with Crippen LogP contribution < -0.4 is 9.80 Å². The molecule has 0 aliphatic carbocycles. The molecule has 3 heterocycles. The van der Waals surface area contributed by atoms with Gasteiger partial charge in [-0.05, 0) is 81.1 Å². The van der Waals surface area contributed by atoms with Gasteiger partial charge in [-0.15, -0.1) is 29.4 Å². The number of para-hydroxylation sites is 3. The SMILES string of the molecule is CC(C)(c1[c-]c2c(cc1)c1ccccc1n2-c1ccccn1)c1[c-]c(N2[CH-]N(c3cc(C(C)(C)c4ccccc4)cc(C(C)(C)c4ccccc4)c3)c3ccccc32)cc(-c2ccccc2)c1.[Pt]. The average molecular weight is 1060 g/mol. The average Bonchev–Trinajstić information content (AvgIpc) is 3.93. The van der Waals surface area contributed by atoms with Crippen molar-refractivity contribution in [1.29, 1.82) is 0 Å². The Morgan fingerprint density at radius 1 is 0.441 bits per heavy atom. The molecule has 11 rings (SSSR count). The number of benzene rings is 8. The van der Waals surface area contributed by atoms with Crippen LogP contribution in [-0.2, 0) is 37.3 Å². The molecule has 0 N–H and O–H groups in total. The van der Waals surface area contributed by atoms with Crippen LogP contribution in [0.1, 0.15) is 74.9 Å². The minimum atomic E-state index is -0.493. The molecule has 0 spiro atoms. The van der Waals surface area contributed by atoms with Crippen LogP contribution in [0.25, 0.3) is 38.8 Å². The smallest absolute Gasteiger partial charge is 0.135 e. The maximum atomic E-state index is 4.80. The third-order valence-electron chi connectivity index (χ3n) is 14.3. The first-order valence-corrected chi connectivity index (χ1v) is 23.3. The molecule has 0 bridgehead atoms. The molecular weight excluding hydrogens is 1010 g/mol. The predicted octanol–water partition coefficient (Wildman–Crippen LogP) is 15.8. The van der Waals surface area contributed by atoms with E-state index in [1.54, 1.807) is 0 Å². The molecule has 4 nitrogen and oxygen atoms in total. The number of pyridine rings is 1. The molecule has 2 aromatic heterocycles. The summed E-state index contributed by atoms with van der Waals surface area (Å²) in [7, 11) is 0. The van der Waals surface area contributed by atoms with E-state index in [1.807, 2.05) is 18.3 Å². The number of hydrogen-bond acceptors (Lipinski definition) is 3. The minimum Gasteiger partial charge on any atom is -0.493 e. The van der Waals surface area contributed by atoms with Crippen LogP contribution in [0.3, 0.4) is 0 Å². The van der Waals surface area contributed by atoms with Gasteiger partial charge in [0.2, 0.25) is 0 Å². The van der Waals surface area contributed by atoms with Crippen LogP contribution in [-0.4, -0.2) is 9.55 Å². The Hall–Kier alpha value is -7.00. The zero-order valence-electron chi connectivity index (χ0n) is 39.3. The molecule has 0 amide bonds. The Morgan fingerprint density at radius 3 is 1.65 bits per heavy atom. The Bertz CT molecular complexity index is 3340. The molecule has 0 atom stereocenters. The Balaban J connectivity index is 0.00000539. The molecule has 10 aromatic rings. The summed E-state index contributed by atoms with van der Waals surface area (Å²) >= 11 is 0. The van der Waals surface area contributed by atoms with Crippen LogP contribution in [0.4, 0.5) is 22.7 Å². The van der Waals surface area contributed by atoms with E-state index in [0.29, 0.717) is 0 Å². The van der Waals surface area contributed by atoms with Crippen LogP contribution >= 0.6 is 0 Å². The van der Waals surface area contributed by atoms with Crippen LogP contribution in [0, 0.1) is 18.8 Å². The maximum Gasteiger partial charge on any atom is 0.135 e. The van der Waals surface area contributed by atoms with Gasteiger partial charge >= 0.3 is 0 Å². The Kier molecular flexibility index (Phi) is 11.6. The quantitative estimate of drug-likeness (QED) is 0.128. The van der Waals surface area contributed by atoms with Gasteiger partial charge in [0.05, 0.1) is 0 Å². The van der Waals surface area contributed by atoms with Crippen molar-refractivity contribution in [2.75, 3.05) is 9.80 Å². The van der Waals surface area contributed by atoms with Gasteiger partial charge in [0.25, 0.3) is 0 Å². The largest absolute Gasteiger partial charge is 0.493 e. The molecule has 68 heavy (non-hydrogen) atoms. The zero-order chi connectivity index (χ0) is 45.9. The molecule has 338 valence electrons. The Morgan fingerprint density at radius 2 is 1.01 bits per heavy atom. The van der Waals surface area contributed by atoms with Gasteiger partial charge in [-0.3, -0.25) is 0 Å². The van der Waals surface area contributed by atoms with Gasteiger partial charge in [0.15, 0.2) is 0 Å². The van der Waals surface area contributed by atoms with Gasteiger partial charge in [-0.1, -0.05) is 181 Å². The fourth-order valence-electron chi connectivity index (χ4n) is 9.97.